The van der Waals surface area contributed by atoms with Crippen molar-refractivity contribution in [3.63, 3.8) is 0 Å². The summed E-state index contributed by atoms with van der Waals surface area (Å²) in [7, 11) is 0. The molecule has 0 aromatic heterocycles. The molecule has 0 aliphatic carbocycles. The quantitative estimate of drug-likeness (QED) is 0.516. The number of benzene rings is 2. The van der Waals surface area contributed by atoms with Crippen LogP contribution in [0.25, 0.3) is 6.08 Å². The maximum Gasteiger partial charge on any atom is 0.271 e. The molecule has 5 nitrogen and oxygen atoms in total. The summed E-state index contributed by atoms with van der Waals surface area (Å²) < 4.78 is 0.920. The Bertz CT molecular complexity index is 714. The van der Waals surface area contributed by atoms with E-state index in [0.717, 1.165) is 10.0 Å². The highest BCUT2D eigenvalue weighted by Gasteiger charge is 2.06. The number of anilines is 1. The van der Waals surface area contributed by atoms with Gasteiger partial charge in [-0.25, -0.2) is 0 Å². The molecule has 106 valence electrons. The van der Waals surface area contributed by atoms with Gasteiger partial charge in [0.05, 0.1) is 4.92 Å². The maximum absolute atomic E-state index is 11.8. The van der Waals surface area contributed by atoms with Gasteiger partial charge in [-0.3, -0.25) is 14.9 Å². The molecule has 1 amide bonds. The number of halogens is 1. The number of non-ortho nitro benzene ring substituents is 1. The number of carbonyl (C=O) groups is 1. The van der Waals surface area contributed by atoms with Crippen molar-refractivity contribution >= 4 is 39.3 Å². The molecule has 0 atom stereocenters. The van der Waals surface area contributed by atoms with Crippen molar-refractivity contribution in [3.05, 3.63) is 74.8 Å². The van der Waals surface area contributed by atoms with E-state index in [0.29, 0.717) is 5.69 Å². The molecule has 0 radical (unpaired) electrons. The highest BCUT2D eigenvalue weighted by Crippen LogP contribution is 2.17. The van der Waals surface area contributed by atoms with Crippen molar-refractivity contribution in [2.45, 2.75) is 0 Å². The molecular formula is C15H11BrN2O3. The van der Waals surface area contributed by atoms with Crippen LogP contribution in [0.1, 0.15) is 5.56 Å². The summed E-state index contributed by atoms with van der Waals surface area (Å²) in [6.45, 7) is 0. The van der Waals surface area contributed by atoms with Crippen molar-refractivity contribution in [2.75, 3.05) is 5.32 Å². The van der Waals surface area contributed by atoms with Gasteiger partial charge in [0.25, 0.3) is 5.69 Å². The van der Waals surface area contributed by atoms with Crippen molar-refractivity contribution in [2.24, 2.45) is 0 Å². The normalized spacial score (nSPS) is 10.5. The van der Waals surface area contributed by atoms with Gasteiger partial charge >= 0.3 is 0 Å². The summed E-state index contributed by atoms with van der Waals surface area (Å²) in [6, 6.07) is 13.3. The van der Waals surface area contributed by atoms with Crippen LogP contribution in [-0.2, 0) is 4.79 Å². The molecule has 2 aromatic carbocycles. The second kappa shape index (κ2) is 6.81. The predicted octanol–water partition coefficient (Wildman–Crippen LogP) is 4.01. The minimum absolute atomic E-state index is 0.0660. The Morgan fingerprint density at radius 2 is 1.95 bits per heavy atom. The van der Waals surface area contributed by atoms with Gasteiger partial charge in [-0.15, -0.1) is 0 Å². The smallest absolute Gasteiger partial charge is 0.271 e. The van der Waals surface area contributed by atoms with Gasteiger partial charge in [0.1, 0.15) is 0 Å². The molecule has 0 aliphatic heterocycles. The van der Waals surface area contributed by atoms with Crippen LogP contribution in [0.15, 0.2) is 59.1 Å². The van der Waals surface area contributed by atoms with Gasteiger partial charge in [-0.2, -0.15) is 0 Å². The number of carbonyl (C=O) groups excluding carboxylic acids is 1. The Morgan fingerprint density at radius 1 is 1.19 bits per heavy atom. The summed E-state index contributed by atoms with van der Waals surface area (Å²) in [4.78, 5) is 21.9. The summed E-state index contributed by atoms with van der Waals surface area (Å²) in [5, 5.41) is 13.2. The van der Waals surface area contributed by atoms with Crippen LogP contribution in [0.5, 0.6) is 0 Å². The molecule has 0 aliphatic rings. The third kappa shape index (κ3) is 4.54. The third-order valence-corrected chi connectivity index (χ3v) is 3.09. The first kappa shape index (κ1) is 14.9. The molecule has 0 unspecified atom stereocenters. The highest BCUT2D eigenvalue weighted by atomic mass is 79.9. The van der Waals surface area contributed by atoms with E-state index in [2.05, 4.69) is 21.2 Å². The van der Waals surface area contributed by atoms with Crippen LogP contribution < -0.4 is 5.32 Å². The van der Waals surface area contributed by atoms with E-state index in [9.17, 15) is 14.9 Å². The average molecular weight is 347 g/mol. The lowest BCUT2D eigenvalue weighted by atomic mass is 10.2. The first-order valence-corrected chi connectivity index (χ1v) is 6.83. The Hall–Kier alpha value is -2.47. The lowest BCUT2D eigenvalue weighted by molar-refractivity contribution is -0.384. The number of hydrogen-bond donors (Lipinski definition) is 1. The first-order valence-electron chi connectivity index (χ1n) is 6.04. The molecule has 0 fully saturated rings. The average Bonchev–Trinajstić information content (AvgIpc) is 2.45. The summed E-state index contributed by atoms with van der Waals surface area (Å²) in [6.07, 6.45) is 3.04. The van der Waals surface area contributed by atoms with E-state index in [1.165, 1.54) is 24.3 Å². The molecular weight excluding hydrogens is 336 g/mol. The summed E-state index contributed by atoms with van der Waals surface area (Å²) >= 11 is 3.35. The molecule has 0 bridgehead atoms. The van der Waals surface area contributed by atoms with E-state index in [1.54, 1.807) is 12.1 Å². The lowest BCUT2D eigenvalue weighted by Crippen LogP contribution is -2.07. The molecule has 0 saturated heterocycles. The second-order valence-corrected chi connectivity index (χ2v) is 5.10. The third-order valence-electron chi connectivity index (χ3n) is 2.60. The van der Waals surface area contributed by atoms with Crippen molar-refractivity contribution in [1.82, 2.24) is 0 Å². The van der Waals surface area contributed by atoms with Crippen LogP contribution in [0.3, 0.4) is 0 Å². The minimum Gasteiger partial charge on any atom is -0.322 e. The molecule has 2 aromatic rings. The topological polar surface area (TPSA) is 72.2 Å². The Balaban J connectivity index is 2.05. The van der Waals surface area contributed by atoms with E-state index >= 15 is 0 Å². The molecule has 21 heavy (non-hydrogen) atoms. The van der Waals surface area contributed by atoms with Crippen molar-refractivity contribution in [1.29, 1.82) is 0 Å². The van der Waals surface area contributed by atoms with E-state index in [-0.39, 0.29) is 11.6 Å². The van der Waals surface area contributed by atoms with Gasteiger partial charge in [-0.1, -0.05) is 34.1 Å². The standard InChI is InChI=1S/C15H11BrN2O3/c16-12-4-1-3-11(9-12)7-8-15(19)17-13-5-2-6-14(10-13)18(20)21/h1-10H,(H,17,19). The monoisotopic (exact) mass is 346 g/mol. The molecule has 0 saturated carbocycles. The highest BCUT2D eigenvalue weighted by molar-refractivity contribution is 9.10. The lowest BCUT2D eigenvalue weighted by Gasteiger charge is -2.01. The predicted molar refractivity (Wildman–Crippen MR) is 84.9 cm³/mol. The molecule has 1 N–H and O–H groups in total. The fraction of sp³-hybridized carbons (Fsp3) is 0. The number of nitro benzene ring substituents is 1. The summed E-state index contributed by atoms with van der Waals surface area (Å²) in [5.74, 6) is -0.351. The summed E-state index contributed by atoms with van der Waals surface area (Å²) in [5.41, 5.74) is 1.19. The van der Waals surface area contributed by atoms with E-state index in [4.69, 9.17) is 0 Å². The molecule has 0 heterocycles. The number of nitrogens with one attached hydrogen (secondary N) is 1. The van der Waals surface area contributed by atoms with Gasteiger partial charge < -0.3 is 5.32 Å². The Labute approximate surface area is 129 Å². The fourth-order valence-electron chi connectivity index (χ4n) is 1.66. The SMILES string of the molecule is O=C(C=Cc1cccc(Br)c1)Nc1cccc([N+](=O)[O-])c1. The molecule has 2 rings (SSSR count). The zero-order chi connectivity index (χ0) is 15.2. The van der Waals surface area contributed by atoms with Gasteiger partial charge in [0.2, 0.25) is 5.91 Å². The van der Waals surface area contributed by atoms with Crippen LogP contribution in [0, 0.1) is 10.1 Å². The van der Waals surface area contributed by atoms with Crippen LogP contribution in [0.2, 0.25) is 0 Å². The Kier molecular flexibility index (Phi) is 4.84. The zero-order valence-corrected chi connectivity index (χ0v) is 12.4. The molecule has 6 heteroatoms. The minimum atomic E-state index is -0.507. The number of hydrogen-bond acceptors (Lipinski definition) is 3. The number of amides is 1. The van der Waals surface area contributed by atoms with Crippen molar-refractivity contribution in [3.8, 4) is 0 Å². The maximum atomic E-state index is 11.8. The van der Waals surface area contributed by atoms with Gasteiger partial charge in [0.15, 0.2) is 0 Å². The van der Waals surface area contributed by atoms with Crippen LogP contribution in [0.4, 0.5) is 11.4 Å². The van der Waals surface area contributed by atoms with Crippen LogP contribution in [-0.4, -0.2) is 10.8 Å². The fourth-order valence-corrected chi connectivity index (χ4v) is 2.08. The zero-order valence-electron chi connectivity index (χ0n) is 10.8. The number of rotatable bonds is 4. The van der Waals surface area contributed by atoms with E-state index < -0.39 is 4.92 Å². The van der Waals surface area contributed by atoms with Gasteiger partial charge in [0, 0.05) is 28.4 Å². The largest absolute Gasteiger partial charge is 0.322 e. The first-order chi connectivity index (χ1) is 10.0. The Morgan fingerprint density at radius 3 is 2.67 bits per heavy atom. The second-order valence-electron chi connectivity index (χ2n) is 4.19. The van der Waals surface area contributed by atoms with Gasteiger partial charge in [-0.05, 0) is 29.8 Å². The number of nitrogens with zero attached hydrogens (tertiary/aromatic N) is 1. The van der Waals surface area contributed by atoms with Crippen molar-refractivity contribution < 1.29 is 9.72 Å². The van der Waals surface area contributed by atoms with Crippen LogP contribution >= 0.6 is 15.9 Å². The number of nitro groups is 1. The van der Waals surface area contributed by atoms with E-state index in [1.807, 2.05) is 24.3 Å². The molecule has 0 spiro atoms.